The Bertz CT molecular complexity index is 913. The Labute approximate surface area is 162 Å². The van der Waals surface area contributed by atoms with E-state index in [1.165, 1.54) is 6.92 Å². The van der Waals surface area contributed by atoms with Gasteiger partial charge in [-0.2, -0.15) is 13.2 Å². The van der Waals surface area contributed by atoms with E-state index in [2.05, 4.69) is 22.1 Å². The predicted molar refractivity (Wildman–Crippen MR) is 97.0 cm³/mol. The third kappa shape index (κ3) is 4.88. The number of aryl methyl sites for hydroxylation is 1. The molecule has 8 nitrogen and oxygen atoms in total. The standard InChI is InChI=1S/C16H16F3N5O3S/c1-4-7-23-10(3)21-22-15(23)28-9(2)14(25)20-13-6-5-11(24(26)27)8-12(13)16(17,18)19/h4-6,8-9H,1,7H2,2-3H3,(H,20,25)/t9-/m0/s1. The molecule has 1 heterocycles. The fourth-order valence-electron chi connectivity index (χ4n) is 2.22. The van der Waals surface area contributed by atoms with Crippen LogP contribution in [0.2, 0.25) is 0 Å². The number of anilines is 1. The van der Waals surface area contributed by atoms with Gasteiger partial charge in [-0.3, -0.25) is 14.9 Å². The second-order valence-electron chi connectivity index (χ2n) is 5.66. The number of non-ortho nitro benzene ring substituents is 1. The van der Waals surface area contributed by atoms with Crippen molar-refractivity contribution in [3.63, 3.8) is 0 Å². The number of nitro benzene ring substituents is 1. The van der Waals surface area contributed by atoms with E-state index in [0.717, 1.165) is 23.9 Å². The van der Waals surface area contributed by atoms with Gasteiger partial charge in [-0.1, -0.05) is 17.8 Å². The molecule has 1 aromatic heterocycles. The number of hydrogen-bond donors (Lipinski definition) is 1. The van der Waals surface area contributed by atoms with E-state index < -0.39 is 39.2 Å². The number of rotatable bonds is 7. The normalized spacial score (nSPS) is 12.5. The van der Waals surface area contributed by atoms with Crippen LogP contribution in [-0.4, -0.2) is 30.8 Å². The molecular weight excluding hydrogens is 399 g/mol. The number of carbonyl (C=O) groups excluding carboxylic acids is 1. The molecule has 28 heavy (non-hydrogen) atoms. The van der Waals surface area contributed by atoms with Gasteiger partial charge in [0.15, 0.2) is 5.16 Å². The van der Waals surface area contributed by atoms with Crippen LogP contribution in [0.5, 0.6) is 0 Å². The van der Waals surface area contributed by atoms with E-state index in [9.17, 15) is 28.1 Å². The largest absolute Gasteiger partial charge is 0.418 e. The first-order valence-electron chi connectivity index (χ1n) is 7.88. The lowest BCUT2D eigenvalue weighted by Gasteiger charge is -2.16. The smallest absolute Gasteiger partial charge is 0.325 e. The Hall–Kier alpha value is -2.89. The van der Waals surface area contributed by atoms with Crippen LogP contribution in [0, 0.1) is 17.0 Å². The number of aromatic nitrogens is 3. The average Bonchev–Trinajstić information content (AvgIpc) is 2.94. The van der Waals surface area contributed by atoms with Crippen LogP contribution in [0.25, 0.3) is 0 Å². The highest BCUT2D eigenvalue weighted by molar-refractivity contribution is 8.00. The van der Waals surface area contributed by atoms with E-state index >= 15 is 0 Å². The Morgan fingerprint density at radius 3 is 2.71 bits per heavy atom. The predicted octanol–water partition coefficient (Wildman–Crippen LogP) is 3.82. The molecular formula is C16H16F3N5O3S. The highest BCUT2D eigenvalue weighted by Crippen LogP contribution is 2.37. The number of benzene rings is 1. The minimum atomic E-state index is -4.87. The maximum Gasteiger partial charge on any atom is 0.418 e. The summed E-state index contributed by atoms with van der Waals surface area (Å²) >= 11 is 1.02. The van der Waals surface area contributed by atoms with Gasteiger partial charge in [-0.05, 0) is 19.9 Å². The van der Waals surface area contributed by atoms with Crippen molar-refractivity contribution in [1.82, 2.24) is 14.8 Å². The van der Waals surface area contributed by atoms with E-state index in [-0.39, 0.29) is 0 Å². The summed E-state index contributed by atoms with van der Waals surface area (Å²) in [6.45, 7) is 7.25. The summed E-state index contributed by atoms with van der Waals surface area (Å²) in [7, 11) is 0. The van der Waals surface area contributed by atoms with E-state index in [1.54, 1.807) is 17.6 Å². The zero-order chi connectivity index (χ0) is 21.1. The van der Waals surface area contributed by atoms with Crippen LogP contribution in [0.3, 0.4) is 0 Å². The van der Waals surface area contributed by atoms with Crippen molar-refractivity contribution < 1.29 is 22.9 Å². The Morgan fingerprint density at radius 1 is 1.46 bits per heavy atom. The number of amides is 1. The molecule has 1 aromatic carbocycles. The summed E-state index contributed by atoms with van der Waals surface area (Å²) in [5.74, 6) is -0.111. The van der Waals surface area contributed by atoms with Crippen LogP contribution < -0.4 is 5.32 Å². The average molecular weight is 415 g/mol. The number of nitrogens with one attached hydrogen (secondary N) is 1. The van der Waals surface area contributed by atoms with Crippen molar-refractivity contribution in [2.24, 2.45) is 0 Å². The molecule has 0 bridgehead atoms. The molecule has 12 heteroatoms. The summed E-state index contributed by atoms with van der Waals surface area (Å²) in [5.41, 5.74) is -2.57. The van der Waals surface area contributed by atoms with Crippen LogP contribution in [0.15, 0.2) is 36.0 Å². The molecule has 2 aromatic rings. The molecule has 0 aliphatic rings. The number of alkyl halides is 3. The molecule has 0 aliphatic carbocycles. The first-order chi connectivity index (χ1) is 13.0. The summed E-state index contributed by atoms with van der Waals surface area (Å²) < 4.78 is 41.4. The fraction of sp³-hybridized carbons (Fsp3) is 0.312. The second-order valence-corrected chi connectivity index (χ2v) is 6.97. The van der Waals surface area contributed by atoms with Crippen molar-refractivity contribution in [2.75, 3.05) is 5.32 Å². The van der Waals surface area contributed by atoms with Gasteiger partial charge < -0.3 is 9.88 Å². The summed E-state index contributed by atoms with van der Waals surface area (Å²) in [4.78, 5) is 22.2. The maximum absolute atomic E-state index is 13.2. The Morgan fingerprint density at radius 2 is 2.14 bits per heavy atom. The first kappa shape index (κ1) is 21.4. The van der Waals surface area contributed by atoms with Crippen molar-refractivity contribution in [3.8, 4) is 0 Å². The molecule has 150 valence electrons. The number of carbonyl (C=O) groups is 1. The lowest BCUT2D eigenvalue weighted by molar-refractivity contribution is -0.385. The second kappa shape index (κ2) is 8.42. The third-order valence-electron chi connectivity index (χ3n) is 3.64. The number of halogens is 3. The van der Waals surface area contributed by atoms with E-state index in [4.69, 9.17) is 0 Å². The lowest BCUT2D eigenvalue weighted by Crippen LogP contribution is -2.24. The first-order valence-corrected chi connectivity index (χ1v) is 8.76. The molecule has 0 fully saturated rings. The van der Waals surface area contributed by atoms with Crippen LogP contribution in [-0.2, 0) is 17.5 Å². The third-order valence-corrected chi connectivity index (χ3v) is 4.72. The van der Waals surface area contributed by atoms with Crippen molar-refractivity contribution in [1.29, 1.82) is 0 Å². The molecule has 1 atom stereocenters. The molecule has 0 radical (unpaired) electrons. The minimum absolute atomic E-state index is 0.386. The molecule has 0 unspecified atom stereocenters. The topological polar surface area (TPSA) is 103 Å². The minimum Gasteiger partial charge on any atom is -0.325 e. The quantitative estimate of drug-likeness (QED) is 0.319. The highest BCUT2D eigenvalue weighted by atomic mass is 32.2. The van der Waals surface area contributed by atoms with Gasteiger partial charge in [0, 0.05) is 18.7 Å². The zero-order valence-electron chi connectivity index (χ0n) is 14.9. The number of thioether (sulfide) groups is 1. The lowest BCUT2D eigenvalue weighted by atomic mass is 10.1. The van der Waals surface area contributed by atoms with Crippen molar-refractivity contribution in [2.45, 2.75) is 37.0 Å². The van der Waals surface area contributed by atoms with Gasteiger partial charge in [0.1, 0.15) is 5.82 Å². The van der Waals surface area contributed by atoms with Gasteiger partial charge in [-0.15, -0.1) is 16.8 Å². The van der Waals surface area contributed by atoms with Gasteiger partial charge in [0.05, 0.1) is 21.4 Å². The maximum atomic E-state index is 13.2. The Kier molecular flexibility index (Phi) is 6.44. The van der Waals surface area contributed by atoms with Gasteiger partial charge in [-0.25, -0.2) is 0 Å². The summed E-state index contributed by atoms with van der Waals surface area (Å²) in [6, 6.07) is 2.14. The monoisotopic (exact) mass is 415 g/mol. The number of nitro groups is 1. The fourth-order valence-corrected chi connectivity index (χ4v) is 3.13. The molecule has 0 aliphatic heterocycles. The van der Waals surface area contributed by atoms with Gasteiger partial charge >= 0.3 is 6.18 Å². The molecule has 2 rings (SSSR count). The highest BCUT2D eigenvalue weighted by Gasteiger charge is 2.36. The van der Waals surface area contributed by atoms with Gasteiger partial charge in [0.25, 0.3) is 5.69 Å². The van der Waals surface area contributed by atoms with Gasteiger partial charge in [0.2, 0.25) is 5.91 Å². The van der Waals surface area contributed by atoms with Crippen molar-refractivity contribution in [3.05, 3.63) is 52.4 Å². The SMILES string of the molecule is C=CCn1c(C)nnc1S[C@@H](C)C(=O)Nc1ccc([N+](=O)[O-])cc1C(F)(F)F. The van der Waals surface area contributed by atoms with E-state index in [1.807, 2.05) is 0 Å². The molecule has 0 saturated carbocycles. The summed E-state index contributed by atoms with van der Waals surface area (Å²) in [5, 5.41) is 20.4. The van der Waals surface area contributed by atoms with Crippen LogP contribution in [0.4, 0.5) is 24.5 Å². The molecule has 0 saturated heterocycles. The van der Waals surface area contributed by atoms with E-state index in [0.29, 0.717) is 23.6 Å². The number of allylic oxidation sites excluding steroid dienone is 1. The molecule has 0 spiro atoms. The van der Waals surface area contributed by atoms with Crippen LogP contribution in [0.1, 0.15) is 18.3 Å². The number of nitrogens with zero attached hydrogens (tertiary/aromatic N) is 4. The summed E-state index contributed by atoms with van der Waals surface area (Å²) in [6.07, 6.45) is -3.25. The Balaban J connectivity index is 2.22. The van der Waals surface area contributed by atoms with Crippen molar-refractivity contribution >= 4 is 29.0 Å². The van der Waals surface area contributed by atoms with Crippen LogP contribution >= 0.6 is 11.8 Å². The molecule has 1 amide bonds. The zero-order valence-corrected chi connectivity index (χ0v) is 15.7. The number of hydrogen-bond acceptors (Lipinski definition) is 6. The molecule has 1 N–H and O–H groups in total.